The number of amides is 2. The molecule has 538 valence electrons. The molecule has 92 heavy (non-hydrogen) atoms. The van der Waals surface area contributed by atoms with Crippen molar-refractivity contribution in [1.82, 2.24) is 10.6 Å². The zero-order valence-electron chi connectivity index (χ0n) is 56.2. The summed E-state index contributed by atoms with van der Waals surface area (Å²) in [5, 5.41) is 136. The summed E-state index contributed by atoms with van der Waals surface area (Å²) in [4.78, 5) is 38.5. The summed E-state index contributed by atoms with van der Waals surface area (Å²) in [7, 11) is 0. The Balaban J connectivity index is 1.48. The monoisotopic (exact) mass is 1320 g/mol. The van der Waals surface area contributed by atoms with E-state index in [1.54, 1.807) is 6.08 Å². The van der Waals surface area contributed by atoms with Crippen LogP contribution >= 0.6 is 0 Å². The normalized spacial score (nSPS) is 28.3. The Morgan fingerprint density at radius 2 is 1.02 bits per heavy atom. The lowest BCUT2D eigenvalue weighted by atomic mass is 9.88. The van der Waals surface area contributed by atoms with Gasteiger partial charge in [-0.3, -0.25) is 9.59 Å². The van der Waals surface area contributed by atoms with Gasteiger partial charge in [0.2, 0.25) is 11.8 Å². The highest BCUT2D eigenvalue weighted by Crippen LogP contribution is 2.39. The molecule has 0 aromatic heterocycles. The van der Waals surface area contributed by atoms with Crippen molar-refractivity contribution in [1.29, 1.82) is 0 Å². The predicted octanol–water partition coefficient (Wildman–Crippen LogP) is 6.84. The minimum atomic E-state index is -3.08. The summed E-state index contributed by atoms with van der Waals surface area (Å²) < 4.78 is 34.7. The molecule has 3 aliphatic heterocycles. The molecule has 0 aromatic carbocycles. The largest absolute Gasteiger partial charge is 0.477 e. The van der Waals surface area contributed by atoms with Crippen LogP contribution in [-0.4, -0.2) is 215 Å². The van der Waals surface area contributed by atoms with Crippen LogP contribution in [0, 0.1) is 0 Å². The van der Waals surface area contributed by atoms with Crippen LogP contribution in [0.5, 0.6) is 0 Å². The molecule has 0 saturated carbocycles. The van der Waals surface area contributed by atoms with Gasteiger partial charge in [0.15, 0.2) is 12.6 Å². The molecule has 3 aliphatic rings. The standard InChI is InChI=1S/C69H126N2O21/c1-4-6-8-10-12-14-15-16-17-18-19-20-21-22-23-24-25-26-27-28-29-30-31-32-33-35-37-39-41-43-56(79)71-50(51(76)42-40-38-36-34-13-11-9-7-5-2)48-87-66-61(83)60(82)63(55(47-74)89-66)90-67-62(84)65(59(81)54(46-73)88-67)92-69(68(85)86)44-52(77)57(70-49(3)75)64(91-69)58(80)53(78)45-72/h22-23,40,42,50-55,57-67,72-74,76-78,80-84H,4-21,24-39,41,43-48H2,1-3H3,(H,70,75)(H,71,79)(H,85,86)/b23-22-,42-40+. The Morgan fingerprint density at radius 1 is 0.565 bits per heavy atom. The molecule has 3 fully saturated rings. The maximum absolute atomic E-state index is 13.4. The molecule has 14 N–H and O–H groups in total. The Kier molecular flexibility index (Phi) is 45.1. The number of hydrogen-bond acceptors (Lipinski definition) is 20. The van der Waals surface area contributed by atoms with Crippen molar-refractivity contribution in [3.63, 3.8) is 0 Å². The van der Waals surface area contributed by atoms with Crippen LogP contribution in [0.2, 0.25) is 0 Å². The SMILES string of the molecule is CCCCCCCCC/C=C/C(O)C(COC1OC(CO)C(OC2OC(CO)C(O)C(OC3(C(=O)O)CC(O)C(NC(C)=O)C(C(O)C(O)CO)O3)C2O)C(O)C1O)NC(=O)CCCCCCCCCCCCCCC/C=C\CCCCCCCCCCCCCC. The van der Waals surface area contributed by atoms with Gasteiger partial charge in [0.05, 0.1) is 50.7 Å². The van der Waals surface area contributed by atoms with E-state index in [2.05, 4.69) is 36.6 Å². The Bertz CT molecular complexity index is 1960. The van der Waals surface area contributed by atoms with Gasteiger partial charge < -0.3 is 100 Å². The molecule has 0 spiro atoms. The van der Waals surface area contributed by atoms with Crippen LogP contribution in [0.3, 0.4) is 0 Å². The molecule has 23 heteroatoms. The molecule has 0 bridgehead atoms. The third-order valence-corrected chi connectivity index (χ3v) is 18.1. The number of aliphatic hydroxyl groups is 11. The van der Waals surface area contributed by atoms with Crippen molar-refractivity contribution < 1.29 is 104 Å². The van der Waals surface area contributed by atoms with E-state index in [1.807, 2.05) is 6.08 Å². The number of aliphatic carboxylic acids is 1. The summed E-state index contributed by atoms with van der Waals surface area (Å²) in [6, 6.07) is -2.61. The van der Waals surface area contributed by atoms with E-state index >= 15 is 0 Å². The maximum atomic E-state index is 13.4. The number of carbonyl (C=O) groups is 3. The highest BCUT2D eigenvalue weighted by molar-refractivity contribution is 5.77. The van der Waals surface area contributed by atoms with Crippen molar-refractivity contribution in [2.75, 3.05) is 26.4 Å². The molecule has 18 unspecified atom stereocenters. The lowest BCUT2D eigenvalue weighted by Crippen LogP contribution is -2.70. The molecule has 0 aromatic rings. The smallest absolute Gasteiger partial charge is 0.364 e. The van der Waals surface area contributed by atoms with Crippen LogP contribution in [0.15, 0.2) is 24.3 Å². The number of allylic oxidation sites excluding steroid dienone is 3. The van der Waals surface area contributed by atoms with Crippen molar-refractivity contribution in [3.05, 3.63) is 24.3 Å². The number of carboxylic acids is 1. The first-order valence-corrected chi connectivity index (χ1v) is 35.7. The lowest BCUT2D eigenvalue weighted by molar-refractivity contribution is -0.386. The zero-order chi connectivity index (χ0) is 67.5. The number of ether oxygens (including phenoxy) is 6. The summed E-state index contributed by atoms with van der Waals surface area (Å²) in [5.41, 5.74) is 0. The van der Waals surface area contributed by atoms with Gasteiger partial charge in [0, 0.05) is 19.8 Å². The maximum Gasteiger partial charge on any atom is 0.364 e. The number of carboxylic acid groups (broad SMARTS) is 1. The first kappa shape index (κ1) is 83.4. The molecule has 2 amide bonds. The minimum Gasteiger partial charge on any atom is -0.477 e. The van der Waals surface area contributed by atoms with E-state index in [-0.39, 0.29) is 12.3 Å². The number of aliphatic hydroxyl groups excluding tert-OH is 11. The number of rotatable bonds is 54. The first-order chi connectivity index (χ1) is 44.4. The van der Waals surface area contributed by atoms with Crippen molar-refractivity contribution in [3.8, 4) is 0 Å². The highest BCUT2D eigenvalue weighted by Gasteiger charge is 2.60. The van der Waals surface area contributed by atoms with Gasteiger partial charge in [-0.25, -0.2) is 4.79 Å². The van der Waals surface area contributed by atoms with Crippen LogP contribution < -0.4 is 10.6 Å². The zero-order valence-corrected chi connectivity index (χ0v) is 56.2. The highest BCUT2D eigenvalue weighted by atomic mass is 16.8. The third kappa shape index (κ3) is 31.6. The summed E-state index contributed by atoms with van der Waals surface area (Å²) in [6.45, 7) is 2.09. The Hall–Kier alpha value is -2.79. The Labute approximate surface area is 549 Å². The molecule has 0 aliphatic carbocycles. The fraction of sp³-hybridized carbons (Fsp3) is 0.899. The van der Waals surface area contributed by atoms with Gasteiger partial charge >= 0.3 is 5.97 Å². The van der Waals surface area contributed by atoms with Gasteiger partial charge in [-0.2, -0.15) is 0 Å². The van der Waals surface area contributed by atoms with Gasteiger partial charge in [-0.05, 0) is 44.9 Å². The van der Waals surface area contributed by atoms with E-state index in [4.69, 9.17) is 28.4 Å². The summed E-state index contributed by atoms with van der Waals surface area (Å²) >= 11 is 0. The predicted molar refractivity (Wildman–Crippen MR) is 348 cm³/mol. The molecular formula is C69H126N2O21. The van der Waals surface area contributed by atoms with Gasteiger partial charge in [0.25, 0.3) is 5.79 Å². The van der Waals surface area contributed by atoms with E-state index < -0.39 is 155 Å². The lowest BCUT2D eigenvalue weighted by Gasteiger charge is -2.50. The number of carbonyl (C=O) groups excluding carboxylic acids is 2. The van der Waals surface area contributed by atoms with Crippen LogP contribution in [0.25, 0.3) is 0 Å². The van der Waals surface area contributed by atoms with Crippen LogP contribution in [0.4, 0.5) is 0 Å². The first-order valence-electron chi connectivity index (χ1n) is 35.7. The average molecular weight is 1320 g/mol. The second-order valence-electron chi connectivity index (χ2n) is 26.1. The minimum absolute atomic E-state index is 0.201. The second kappa shape index (κ2) is 49.7. The average Bonchev–Trinajstić information content (AvgIpc) is 0.762. The van der Waals surface area contributed by atoms with E-state index in [1.165, 1.54) is 154 Å². The fourth-order valence-electron chi connectivity index (χ4n) is 12.4. The summed E-state index contributed by atoms with van der Waals surface area (Å²) in [6.07, 6.45) is 21.3. The van der Waals surface area contributed by atoms with Gasteiger partial charge in [-0.1, -0.05) is 218 Å². The molecule has 0 radical (unpaired) electrons. The van der Waals surface area contributed by atoms with Gasteiger partial charge in [-0.15, -0.1) is 0 Å². The number of unbranched alkanes of at least 4 members (excludes halogenated alkanes) is 32. The molecular weight excluding hydrogens is 1190 g/mol. The number of nitrogens with one attached hydrogen (secondary N) is 2. The summed E-state index contributed by atoms with van der Waals surface area (Å²) in [5.74, 6) is -6.14. The van der Waals surface area contributed by atoms with Crippen molar-refractivity contribution in [2.45, 2.75) is 368 Å². The Morgan fingerprint density at radius 3 is 1.48 bits per heavy atom. The molecule has 3 heterocycles. The van der Waals surface area contributed by atoms with Gasteiger partial charge in [0.1, 0.15) is 67.1 Å². The van der Waals surface area contributed by atoms with Crippen LogP contribution in [0.1, 0.15) is 258 Å². The second-order valence-corrected chi connectivity index (χ2v) is 26.1. The van der Waals surface area contributed by atoms with Crippen LogP contribution in [-0.2, 0) is 42.8 Å². The van der Waals surface area contributed by atoms with E-state index in [9.17, 15) is 75.7 Å². The topological polar surface area (TPSA) is 373 Å². The quantitative estimate of drug-likeness (QED) is 0.0219. The van der Waals surface area contributed by atoms with Crippen molar-refractivity contribution in [2.24, 2.45) is 0 Å². The fourth-order valence-corrected chi connectivity index (χ4v) is 12.4. The number of hydrogen-bond donors (Lipinski definition) is 14. The van der Waals surface area contributed by atoms with E-state index in [0.717, 1.165) is 64.7 Å². The van der Waals surface area contributed by atoms with E-state index in [0.29, 0.717) is 12.8 Å². The molecule has 3 saturated heterocycles. The third-order valence-electron chi connectivity index (χ3n) is 18.1. The molecule has 18 atom stereocenters. The molecule has 23 nitrogen and oxygen atoms in total. The molecule has 3 rings (SSSR count). The van der Waals surface area contributed by atoms with Crippen molar-refractivity contribution >= 4 is 17.8 Å².